The van der Waals surface area contributed by atoms with Crippen LogP contribution in [0.3, 0.4) is 0 Å². The second-order valence-corrected chi connectivity index (χ2v) is 6.40. The summed E-state index contributed by atoms with van der Waals surface area (Å²) in [6.07, 6.45) is 1.19. The van der Waals surface area contributed by atoms with Crippen LogP contribution in [0.4, 0.5) is 0 Å². The van der Waals surface area contributed by atoms with Crippen molar-refractivity contribution in [2.45, 2.75) is 32.8 Å². The lowest BCUT2D eigenvalue weighted by Crippen LogP contribution is -2.38. The van der Waals surface area contributed by atoms with E-state index < -0.39 is 6.10 Å². The third-order valence-electron chi connectivity index (χ3n) is 5.01. The van der Waals surface area contributed by atoms with Gasteiger partial charge in [-0.05, 0) is 54.5 Å². The Morgan fingerprint density at radius 1 is 1.00 bits per heavy atom. The molecular weight excluding hydrogens is 258 g/mol. The third kappa shape index (κ3) is 2.29. The Balaban J connectivity index is 2.02. The van der Waals surface area contributed by atoms with Gasteiger partial charge in [-0.25, -0.2) is 0 Å². The van der Waals surface area contributed by atoms with Crippen LogP contribution in [0.1, 0.15) is 33.9 Å². The van der Waals surface area contributed by atoms with Gasteiger partial charge in [-0.1, -0.05) is 42.5 Å². The quantitative estimate of drug-likeness (QED) is 0.908. The molecule has 0 radical (unpaired) electrons. The van der Waals surface area contributed by atoms with Gasteiger partial charge in [-0.2, -0.15) is 0 Å². The monoisotopic (exact) mass is 281 g/mol. The number of rotatable bonds is 3. The summed E-state index contributed by atoms with van der Waals surface area (Å²) in [6, 6.07) is 14.6. The van der Waals surface area contributed by atoms with Crippen LogP contribution >= 0.6 is 0 Å². The average Bonchev–Trinajstić information content (AvgIpc) is 2.87. The van der Waals surface area contributed by atoms with E-state index in [-0.39, 0.29) is 5.41 Å². The summed E-state index contributed by atoms with van der Waals surface area (Å²) in [4.78, 5) is 0. The molecule has 0 amide bonds. The lowest BCUT2D eigenvalue weighted by molar-refractivity contribution is 0.0348. The van der Waals surface area contributed by atoms with Crippen molar-refractivity contribution < 1.29 is 5.11 Å². The Bertz CT molecular complexity index is 617. The number of hydrogen-bond donors (Lipinski definition) is 2. The van der Waals surface area contributed by atoms with Crippen molar-refractivity contribution in [3.63, 3.8) is 0 Å². The maximum atomic E-state index is 11.1. The minimum Gasteiger partial charge on any atom is -0.388 e. The number of aliphatic hydroxyl groups excluding tert-OH is 1. The molecule has 0 bridgehead atoms. The van der Waals surface area contributed by atoms with E-state index in [0.717, 1.165) is 29.5 Å². The van der Waals surface area contributed by atoms with Gasteiger partial charge in [0.25, 0.3) is 0 Å². The van der Waals surface area contributed by atoms with Crippen molar-refractivity contribution >= 4 is 0 Å². The fraction of sp³-hybridized carbons (Fsp3) is 0.368. The first-order valence-electron chi connectivity index (χ1n) is 7.58. The van der Waals surface area contributed by atoms with Crippen molar-refractivity contribution in [1.82, 2.24) is 0 Å². The molecule has 0 spiro atoms. The van der Waals surface area contributed by atoms with Crippen LogP contribution in [-0.4, -0.2) is 11.7 Å². The zero-order valence-electron chi connectivity index (χ0n) is 12.8. The molecule has 21 heavy (non-hydrogen) atoms. The Morgan fingerprint density at radius 2 is 1.52 bits per heavy atom. The molecular formula is C19H23NO. The predicted octanol–water partition coefficient (Wildman–Crippen LogP) is 3.08. The maximum absolute atomic E-state index is 11.1. The van der Waals surface area contributed by atoms with Gasteiger partial charge in [0.2, 0.25) is 0 Å². The van der Waals surface area contributed by atoms with Crippen LogP contribution in [0.5, 0.6) is 0 Å². The van der Waals surface area contributed by atoms with Crippen LogP contribution in [0.15, 0.2) is 42.5 Å². The van der Waals surface area contributed by atoms with E-state index in [1.54, 1.807) is 0 Å². The molecule has 1 aliphatic rings. The number of aliphatic hydroxyl groups is 1. The molecule has 0 saturated heterocycles. The maximum Gasteiger partial charge on any atom is 0.0869 e. The van der Waals surface area contributed by atoms with Gasteiger partial charge in [-0.15, -0.1) is 0 Å². The summed E-state index contributed by atoms with van der Waals surface area (Å²) in [5.41, 5.74) is 11.8. The Morgan fingerprint density at radius 3 is 2.00 bits per heavy atom. The minimum atomic E-state index is -0.518. The lowest BCUT2D eigenvalue weighted by Gasteiger charge is -2.35. The third-order valence-corrected chi connectivity index (χ3v) is 5.01. The molecule has 110 valence electrons. The highest BCUT2D eigenvalue weighted by atomic mass is 16.3. The smallest absolute Gasteiger partial charge is 0.0869 e. The zero-order chi connectivity index (χ0) is 15.0. The van der Waals surface area contributed by atoms with Gasteiger partial charge in [0.05, 0.1) is 6.10 Å². The van der Waals surface area contributed by atoms with Crippen molar-refractivity contribution in [2.24, 2.45) is 11.1 Å². The second kappa shape index (κ2) is 5.28. The molecule has 2 heteroatoms. The standard InChI is InChI=1S/C19H23NO/c1-13-6-5-7-14(2)17(13)18(21)19(12-20)10-15-8-3-4-9-16(15)11-19/h3-9,18,21H,10-12,20H2,1-2H3. The summed E-state index contributed by atoms with van der Waals surface area (Å²) in [6.45, 7) is 4.63. The molecule has 0 saturated carbocycles. The Labute approximate surface area is 126 Å². The molecule has 0 fully saturated rings. The van der Waals surface area contributed by atoms with Gasteiger partial charge in [-0.3, -0.25) is 0 Å². The number of nitrogens with two attached hydrogens (primary N) is 1. The van der Waals surface area contributed by atoms with Gasteiger partial charge < -0.3 is 10.8 Å². The first-order valence-corrected chi connectivity index (χ1v) is 7.58. The number of fused-ring (bicyclic) bond motifs is 1. The minimum absolute atomic E-state index is 0.277. The Kier molecular flexibility index (Phi) is 3.60. The summed E-state index contributed by atoms with van der Waals surface area (Å²) >= 11 is 0. The summed E-state index contributed by atoms with van der Waals surface area (Å²) in [7, 11) is 0. The molecule has 3 rings (SSSR count). The van der Waals surface area contributed by atoms with Crippen LogP contribution in [0.25, 0.3) is 0 Å². The molecule has 1 unspecified atom stereocenters. The van der Waals surface area contributed by atoms with E-state index in [0.29, 0.717) is 6.54 Å². The molecule has 0 aromatic heterocycles. The van der Waals surface area contributed by atoms with Crippen molar-refractivity contribution in [3.05, 3.63) is 70.3 Å². The molecule has 1 aliphatic carbocycles. The molecule has 2 aromatic carbocycles. The summed E-state index contributed by atoms with van der Waals surface area (Å²) in [5, 5.41) is 11.1. The van der Waals surface area contributed by atoms with Gasteiger partial charge >= 0.3 is 0 Å². The first-order chi connectivity index (χ1) is 10.1. The molecule has 0 aliphatic heterocycles. The average molecular weight is 281 g/mol. The predicted molar refractivity (Wildman–Crippen MR) is 86.2 cm³/mol. The van der Waals surface area contributed by atoms with Crippen molar-refractivity contribution in [3.8, 4) is 0 Å². The first kappa shape index (κ1) is 14.3. The number of benzene rings is 2. The largest absolute Gasteiger partial charge is 0.388 e. The van der Waals surface area contributed by atoms with Crippen LogP contribution in [0.2, 0.25) is 0 Å². The molecule has 0 heterocycles. The molecule has 2 nitrogen and oxygen atoms in total. The Hall–Kier alpha value is -1.64. The molecule has 3 N–H and O–H groups in total. The van der Waals surface area contributed by atoms with Crippen LogP contribution < -0.4 is 5.73 Å². The number of hydrogen-bond acceptors (Lipinski definition) is 2. The fourth-order valence-electron chi connectivity index (χ4n) is 3.74. The van der Waals surface area contributed by atoms with E-state index in [2.05, 4.69) is 50.2 Å². The number of aryl methyl sites for hydroxylation is 2. The molecule has 2 aromatic rings. The van der Waals surface area contributed by atoms with Gasteiger partial charge in [0, 0.05) is 12.0 Å². The summed E-state index contributed by atoms with van der Waals surface area (Å²) < 4.78 is 0. The normalized spacial score (nSPS) is 17.5. The van der Waals surface area contributed by atoms with Gasteiger partial charge in [0.1, 0.15) is 0 Å². The van der Waals surface area contributed by atoms with Crippen LogP contribution in [-0.2, 0) is 12.8 Å². The van der Waals surface area contributed by atoms with Gasteiger partial charge in [0.15, 0.2) is 0 Å². The van der Waals surface area contributed by atoms with E-state index in [1.807, 2.05) is 6.07 Å². The second-order valence-electron chi connectivity index (χ2n) is 6.40. The zero-order valence-corrected chi connectivity index (χ0v) is 12.8. The van der Waals surface area contributed by atoms with E-state index in [1.165, 1.54) is 11.1 Å². The lowest BCUT2D eigenvalue weighted by atomic mass is 9.74. The SMILES string of the molecule is Cc1cccc(C)c1C(O)C1(CN)Cc2ccccc2C1. The summed E-state index contributed by atoms with van der Waals surface area (Å²) in [5.74, 6) is 0. The van der Waals surface area contributed by atoms with E-state index in [9.17, 15) is 5.11 Å². The van der Waals surface area contributed by atoms with Crippen molar-refractivity contribution in [1.29, 1.82) is 0 Å². The highest BCUT2D eigenvalue weighted by Gasteiger charge is 2.43. The van der Waals surface area contributed by atoms with E-state index in [4.69, 9.17) is 5.73 Å². The highest BCUT2D eigenvalue weighted by molar-refractivity contribution is 5.41. The van der Waals surface area contributed by atoms with Crippen LogP contribution in [0, 0.1) is 19.3 Å². The highest BCUT2D eigenvalue weighted by Crippen LogP contribution is 2.46. The molecule has 1 atom stereocenters. The topological polar surface area (TPSA) is 46.2 Å². The fourth-order valence-corrected chi connectivity index (χ4v) is 3.74. The van der Waals surface area contributed by atoms with Crippen molar-refractivity contribution in [2.75, 3.05) is 6.54 Å². The van der Waals surface area contributed by atoms with E-state index >= 15 is 0 Å².